The first kappa shape index (κ1) is 7.86. The molecule has 2 heterocycles. The second-order valence-electron chi connectivity index (χ2n) is 3.46. The van der Waals surface area contributed by atoms with Crippen LogP contribution in [0.5, 0.6) is 0 Å². The van der Waals surface area contributed by atoms with E-state index < -0.39 is 0 Å². The Hall–Kier alpha value is -0.770. The van der Waals surface area contributed by atoms with Gasteiger partial charge >= 0.3 is 0 Å². The van der Waals surface area contributed by atoms with Crippen molar-refractivity contribution < 1.29 is 9.89 Å². The molecule has 0 saturated carbocycles. The van der Waals surface area contributed by atoms with E-state index in [1.165, 1.54) is 24.3 Å². The highest BCUT2D eigenvalue weighted by Gasteiger charge is 2.23. The van der Waals surface area contributed by atoms with Gasteiger partial charge in [0, 0.05) is 0 Å². The first-order chi connectivity index (χ1) is 5.86. The van der Waals surface area contributed by atoms with E-state index in [2.05, 4.69) is 9.69 Å². The van der Waals surface area contributed by atoms with Gasteiger partial charge in [0.1, 0.15) is 0 Å². The minimum Gasteiger partial charge on any atom is -0.248 e. The molecule has 0 amide bonds. The first-order valence-electron chi connectivity index (χ1n) is 4.68. The van der Waals surface area contributed by atoms with Gasteiger partial charge in [-0.25, -0.2) is 10.2 Å². The van der Waals surface area contributed by atoms with Crippen molar-refractivity contribution in [2.75, 3.05) is 26.2 Å². The van der Waals surface area contributed by atoms with Crippen LogP contribution in [0.15, 0.2) is 0 Å². The van der Waals surface area contributed by atoms with Crippen LogP contribution in [0.3, 0.4) is 0 Å². The van der Waals surface area contributed by atoms with Crippen molar-refractivity contribution in [3.05, 3.63) is 0 Å². The van der Waals surface area contributed by atoms with Crippen molar-refractivity contribution in [1.29, 1.82) is 0 Å². The van der Waals surface area contributed by atoms with Gasteiger partial charge in [0.25, 0.3) is 6.34 Å². The van der Waals surface area contributed by atoms with Gasteiger partial charge in [-0.15, -0.1) is 5.06 Å². The lowest BCUT2D eigenvalue weighted by Gasteiger charge is -2.26. The molecule has 1 fully saturated rings. The van der Waals surface area contributed by atoms with Crippen molar-refractivity contribution in [2.45, 2.75) is 19.3 Å². The highest BCUT2D eigenvalue weighted by atomic mass is 16.5. The van der Waals surface area contributed by atoms with E-state index in [0.29, 0.717) is 0 Å². The molecule has 12 heavy (non-hydrogen) atoms. The minimum absolute atomic E-state index is 0.733. The molecule has 0 spiro atoms. The number of rotatable bonds is 1. The summed E-state index contributed by atoms with van der Waals surface area (Å²) in [5, 5.41) is 12.7. The molecule has 0 radical (unpaired) electrons. The molecule has 0 unspecified atom stereocenters. The molecule has 2 aliphatic rings. The van der Waals surface area contributed by atoms with Crippen LogP contribution in [-0.4, -0.2) is 52.5 Å². The van der Waals surface area contributed by atoms with Crippen LogP contribution < -0.4 is 0 Å². The van der Waals surface area contributed by atoms with E-state index >= 15 is 0 Å². The second-order valence-corrected chi connectivity index (χ2v) is 3.46. The molecule has 0 aromatic rings. The molecular weight excluding hydrogens is 154 g/mol. The Morgan fingerprint density at radius 3 is 2.42 bits per heavy atom. The van der Waals surface area contributed by atoms with Crippen LogP contribution in [0.25, 0.3) is 0 Å². The lowest BCUT2D eigenvalue weighted by atomic mass is 10.2. The van der Waals surface area contributed by atoms with Gasteiger partial charge < -0.3 is 0 Å². The summed E-state index contributed by atoms with van der Waals surface area (Å²) in [5.41, 5.74) is 0. The third-order valence-electron chi connectivity index (χ3n) is 2.52. The van der Waals surface area contributed by atoms with Gasteiger partial charge in [0.2, 0.25) is 0 Å². The average Bonchev–Trinajstić information content (AvgIpc) is 2.54. The quantitative estimate of drug-likeness (QED) is 0.567. The summed E-state index contributed by atoms with van der Waals surface area (Å²) in [4.78, 5) is 0. The summed E-state index contributed by atoms with van der Waals surface area (Å²) in [6, 6.07) is 0. The van der Waals surface area contributed by atoms with Crippen LogP contribution in [0.4, 0.5) is 0 Å². The maximum Gasteiger partial charge on any atom is 0.288 e. The number of nitrogens with zero attached hydrogens (tertiary/aromatic N) is 3. The predicted molar refractivity (Wildman–Crippen MR) is 45.1 cm³/mol. The van der Waals surface area contributed by atoms with E-state index in [-0.39, 0.29) is 0 Å². The second kappa shape index (κ2) is 3.31. The number of piperidine rings is 1. The Morgan fingerprint density at radius 2 is 1.83 bits per heavy atom. The van der Waals surface area contributed by atoms with Gasteiger partial charge in [0.15, 0.2) is 13.1 Å². The molecule has 2 aliphatic heterocycles. The number of hydrazine groups is 1. The molecule has 0 aromatic carbocycles. The van der Waals surface area contributed by atoms with Gasteiger partial charge in [-0.05, 0) is 19.3 Å². The summed E-state index contributed by atoms with van der Waals surface area (Å²) >= 11 is 0. The van der Waals surface area contributed by atoms with Crippen LogP contribution in [0.2, 0.25) is 0 Å². The zero-order chi connectivity index (χ0) is 8.39. The van der Waals surface area contributed by atoms with Gasteiger partial charge in [0.05, 0.1) is 13.1 Å². The Labute approximate surface area is 72.6 Å². The summed E-state index contributed by atoms with van der Waals surface area (Å²) in [5.74, 6) is 0. The Morgan fingerprint density at radius 1 is 1.08 bits per heavy atom. The van der Waals surface area contributed by atoms with E-state index in [0.717, 1.165) is 26.2 Å². The molecular formula is C8H16N3O+. The minimum atomic E-state index is 0.733. The highest BCUT2D eigenvalue weighted by Crippen LogP contribution is 2.09. The summed E-state index contributed by atoms with van der Waals surface area (Å²) in [6.45, 7) is 3.95. The summed E-state index contributed by atoms with van der Waals surface area (Å²) in [7, 11) is 0. The number of hydrogen-bond donors (Lipinski definition) is 1. The highest BCUT2D eigenvalue weighted by molar-refractivity contribution is 5.47. The normalized spacial score (nSPS) is 24.6. The van der Waals surface area contributed by atoms with Crippen LogP contribution in [-0.2, 0) is 0 Å². The molecule has 1 N–H and O–H groups in total. The topological polar surface area (TPSA) is 29.7 Å². The lowest BCUT2D eigenvalue weighted by molar-refractivity contribution is -0.682. The Balaban J connectivity index is 1.94. The van der Waals surface area contributed by atoms with Crippen LogP contribution >= 0.6 is 0 Å². The van der Waals surface area contributed by atoms with E-state index in [9.17, 15) is 0 Å². The fourth-order valence-electron chi connectivity index (χ4n) is 1.82. The SMILES string of the molecule is ON1C=[N+](N2CCCCC2)CC1. The van der Waals surface area contributed by atoms with E-state index in [1.807, 2.05) is 0 Å². The van der Waals surface area contributed by atoms with Gasteiger partial charge in [-0.1, -0.05) is 0 Å². The predicted octanol–water partition coefficient (Wildman–Crippen LogP) is 0.133. The van der Waals surface area contributed by atoms with E-state index in [1.54, 1.807) is 6.34 Å². The van der Waals surface area contributed by atoms with Crippen molar-refractivity contribution in [3.63, 3.8) is 0 Å². The largest absolute Gasteiger partial charge is 0.288 e. The number of hydrogen-bond acceptors (Lipinski definition) is 3. The molecule has 0 aromatic heterocycles. The first-order valence-corrected chi connectivity index (χ1v) is 4.68. The number of hydroxylamine groups is 2. The molecule has 1 saturated heterocycles. The van der Waals surface area contributed by atoms with Crippen molar-refractivity contribution in [2.24, 2.45) is 0 Å². The standard InChI is InChI=1S/C8H16N3O/c12-11-7-6-10(8-11)9-4-2-1-3-5-9/h8,12H,1-7H2/q+1. The summed E-state index contributed by atoms with van der Waals surface area (Å²) in [6.07, 6.45) is 5.71. The maximum absolute atomic E-state index is 9.14. The Kier molecular flexibility index (Phi) is 2.17. The molecule has 0 bridgehead atoms. The molecule has 2 rings (SSSR count). The van der Waals surface area contributed by atoms with Gasteiger partial charge in [-0.3, -0.25) is 0 Å². The fourth-order valence-corrected chi connectivity index (χ4v) is 1.82. The van der Waals surface area contributed by atoms with Crippen molar-refractivity contribution >= 4 is 6.34 Å². The third kappa shape index (κ3) is 1.53. The smallest absolute Gasteiger partial charge is 0.248 e. The molecule has 0 aliphatic carbocycles. The molecule has 0 atom stereocenters. The average molecular weight is 170 g/mol. The molecule has 68 valence electrons. The summed E-state index contributed by atoms with van der Waals surface area (Å²) < 4.78 is 2.12. The maximum atomic E-state index is 9.14. The molecule has 4 nitrogen and oxygen atoms in total. The van der Waals surface area contributed by atoms with Gasteiger partial charge in [-0.2, -0.15) is 4.68 Å². The van der Waals surface area contributed by atoms with Crippen molar-refractivity contribution in [3.8, 4) is 0 Å². The fraction of sp³-hybridized carbons (Fsp3) is 0.875. The lowest BCUT2D eigenvalue weighted by Crippen LogP contribution is -2.38. The van der Waals surface area contributed by atoms with Crippen LogP contribution in [0, 0.1) is 0 Å². The zero-order valence-corrected chi connectivity index (χ0v) is 7.32. The molecule has 4 heteroatoms. The van der Waals surface area contributed by atoms with Crippen molar-refractivity contribution in [1.82, 2.24) is 10.1 Å². The third-order valence-corrected chi connectivity index (χ3v) is 2.52. The number of hydrazone groups is 1. The van der Waals surface area contributed by atoms with E-state index in [4.69, 9.17) is 5.21 Å². The Bertz CT molecular complexity index is 187. The monoisotopic (exact) mass is 170 g/mol. The zero-order valence-electron chi connectivity index (χ0n) is 7.32. The van der Waals surface area contributed by atoms with Crippen LogP contribution in [0.1, 0.15) is 19.3 Å².